The third-order valence-corrected chi connectivity index (χ3v) is 9.90. The molecule has 6 nitrogen and oxygen atoms in total. The quantitative estimate of drug-likeness (QED) is 0.376. The maximum Gasteiger partial charge on any atom is 0.243 e. The lowest BCUT2D eigenvalue weighted by molar-refractivity contribution is 0.0960. The molecule has 3 aromatic rings. The molecule has 10 heteroatoms. The molecule has 3 heterocycles. The van der Waals surface area contributed by atoms with Crippen LogP contribution < -0.4 is 0 Å². The summed E-state index contributed by atoms with van der Waals surface area (Å²) < 4.78 is 36.2. The molecule has 1 aromatic carbocycles. The van der Waals surface area contributed by atoms with Crippen molar-refractivity contribution in [2.45, 2.75) is 55.1 Å². The number of halogens is 1. The van der Waals surface area contributed by atoms with E-state index in [0.29, 0.717) is 25.2 Å². The van der Waals surface area contributed by atoms with Crippen LogP contribution in [-0.4, -0.2) is 48.1 Å². The number of hydrogen-bond donors (Lipinski definition) is 0. The second-order valence-electron chi connectivity index (χ2n) is 7.37. The topological polar surface area (TPSA) is 64.4 Å². The summed E-state index contributed by atoms with van der Waals surface area (Å²) in [5, 5.41) is 0.868. The van der Waals surface area contributed by atoms with Crippen LogP contribution in [0.1, 0.15) is 31.6 Å². The highest BCUT2D eigenvalue weighted by molar-refractivity contribution is 7.98. The van der Waals surface area contributed by atoms with E-state index in [-0.39, 0.29) is 11.0 Å². The Balaban J connectivity index is 1.69. The average Bonchev–Trinajstić information content (AvgIpc) is 3.48. The molecule has 0 bridgehead atoms. The van der Waals surface area contributed by atoms with E-state index in [4.69, 9.17) is 21.3 Å². The molecular formula is C21H26ClN3O3S3. The fraction of sp³-hybridized carbons (Fsp3) is 0.476. The van der Waals surface area contributed by atoms with Crippen LogP contribution in [0.25, 0.3) is 11.0 Å². The summed E-state index contributed by atoms with van der Waals surface area (Å²) in [6.07, 6.45) is 2.25. The summed E-state index contributed by atoms with van der Waals surface area (Å²) in [5.74, 6) is 0.761. The minimum Gasteiger partial charge on any atom is -0.376 e. The van der Waals surface area contributed by atoms with Crippen LogP contribution in [0, 0.1) is 0 Å². The predicted molar refractivity (Wildman–Crippen MR) is 128 cm³/mol. The van der Waals surface area contributed by atoms with E-state index in [0.717, 1.165) is 40.2 Å². The lowest BCUT2D eigenvalue weighted by atomic mass is 10.2. The molecule has 0 amide bonds. The Morgan fingerprint density at radius 2 is 2.10 bits per heavy atom. The van der Waals surface area contributed by atoms with Gasteiger partial charge in [-0.1, -0.05) is 37.2 Å². The van der Waals surface area contributed by atoms with Gasteiger partial charge in [-0.2, -0.15) is 4.31 Å². The smallest absolute Gasteiger partial charge is 0.243 e. The molecule has 0 saturated carbocycles. The number of aromatic nitrogens is 2. The van der Waals surface area contributed by atoms with Gasteiger partial charge in [0.25, 0.3) is 0 Å². The number of fused-ring (bicyclic) bond motifs is 1. The SMILES string of the molecule is CCN(CC)S(=O)(=O)c1ccc2c(c1)nc(SCc1ccc(Cl)s1)n2C[C@@H]1CCCO1. The van der Waals surface area contributed by atoms with Crippen molar-refractivity contribution in [3.63, 3.8) is 0 Å². The number of ether oxygens (including phenoxy) is 1. The van der Waals surface area contributed by atoms with E-state index in [1.165, 1.54) is 9.18 Å². The van der Waals surface area contributed by atoms with Crippen LogP contribution in [0.4, 0.5) is 0 Å². The third kappa shape index (κ3) is 4.96. The summed E-state index contributed by atoms with van der Waals surface area (Å²) >= 11 is 9.28. The van der Waals surface area contributed by atoms with Gasteiger partial charge in [0, 0.05) is 30.3 Å². The number of thioether (sulfide) groups is 1. The first kappa shape index (κ1) is 23.1. The number of rotatable bonds is 9. The second kappa shape index (κ2) is 9.80. The monoisotopic (exact) mass is 499 g/mol. The predicted octanol–water partition coefficient (Wildman–Crippen LogP) is 5.25. The molecule has 1 atom stereocenters. The van der Waals surface area contributed by atoms with Gasteiger partial charge in [0.1, 0.15) is 0 Å². The van der Waals surface area contributed by atoms with Crippen molar-refractivity contribution >= 4 is 55.8 Å². The molecule has 1 aliphatic rings. The Morgan fingerprint density at radius 1 is 1.29 bits per heavy atom. The van der Waals surface area contributed by atoms with Crippen molar-refractivity contribution in [1.82, 2.24) is 13.9 Å². The Hall–Kier alpha value is -1.10. The number of nitrogens with zero attached hydrogens (tertiary/aromatic N) is 3. The first-order chi connectivity index (χ1) is 14.9. The largest absolute Gasteiger partial charge is 0.376 e. The Bertz CT molecular complexity index is 1150. The number of sulfonamides is 1. The fourth-order valence-corrected chi connectivity index (χ4v) is 7.44. The average molecular weight is 500 g/mol. The molecule has 31 heavy (non-hydrogen) atoms. The molecular weight excluding hydrogens is 474 g/mol. The number of imidazole rings is 1. The maximum atomic E-state index is 13.0. The summed E-state index contributed by atoms with van der Waals surface area (Å²) in [6, 6.07) is 9.20. The van der Waals surface area contributed by atoms with Crippen molar-refractivity contribution in [2.24, 2.45) is 0 Å². The number of hydrogen-bond acceptors (Lipinski definition) is 6. The Labute approximate surface area is 196 Å². The van der Waals surface area contributed by atoms with Gasteiger partial charge in [-0.3, -0.25) is 0 Å². The molecule has 0 aliphatic carbocycles. The van der Waals surface area contributed by atoms with E-state index in [2.05, 4.69) is 4.57 Å². The summed E-state index contributed by atoms with van der Waals surface area (Å²) in [6.45, 7) is 6.08. The number of thiophene rings is 1. The van der Waals surface area contributed by atoms with Crippen molar-refractivity contribution in [2.75, 3.05) is 19.7 Å². The molecule has 0 radical (unpaired) electrons. The molecule has 1 saturated heterocycles. The van der Waals surface area contributed by atoms with Crippen LogP contribution in [0.2, 0.25) is 4.34 Å². The lowest BCUT2D eigenvalue weighted by Gasteiger charge is -2.18. The molecule has 0 N–H and O–H groups in total. The van der Waals surface area contributed by atoms with Crippen LogP contribution in [-0.2, 0) is 27.1 Å². The molecule has 2 aromatic heterocycles. The van der Waals surface area contributed by atoms with E-state index < -0.39 is 10.0 Å². The first-order valence-electron chi connectivity index (χ1n) is 10.4. The zero-order valence-electron chi connectivity index (χ0n) is 17.6. The van der Waals surface area contributed by atoms with Gasteiger partial charge in [-0.25, -0.2) is 13.4 Å². The van der Waals surface area contributed by atoms with Crippen molar-refractivity contribution in [1.29, 1.82) is 0 Å². The third-order valence-electron chi connectivity index (χ3n) is 5.41. The van der Waals surface area contributed by atoms with Crippen LogP contribution in [0.5, 0.6) is 0 Å². The summed E-state index contributed by atoms with van der Waals surface area (Å²) in [4.78, 5) is 6.28. The lowest BCUT2D eigenvalue weighted by Crippen LogP contribution is -2.30. The molecule has 168 valence electrons. The van der Waals surface area contributed by atoms with E-state index in [1.807, 2.05) is 32.0 Å². The van der Waals surface area contributed by atoms with Gasteiger partial charge in [-0.15, -0.1) is 11.3 Å². The molecule has 1 fully saturated rings. The zero-order valence-corrected chi connectivity index (χ0v) is 20.8. The van der Waals surface area contributed by atoms with E-state index in [1.54, 1.807) is 35.2 Å². The molecule has 4 rings (SSSR count). The Morgan fingerprint density at radius 3 is 2.74 bits per heavy atom. The van der Waals surface area contributed by atoms with Crippen molar-refractivity contribution in [3.8, 4) is 0 Å². The standard InChI is InChI=1S/C21H26ClN3O3S3/c1-3-24(4-2)31(26,27)17-8-9-19-18(12-17)23-21(25(19)13-15-6-5-11-28-15)29-14-16-7-10-20(22)30-16/h7-10,12,15H,3-6,11,13-14H2,1-2H3/t15-/m0/s1. The minimum absolute atomic E-state index is 0.159. The minimum atomic E-state index is -3.53. The highest BCUT2D eigenvalue weighted by Gasteiger charge is 2.24. The van der Waals surface area contributed by atoms with Crippen LogP contribution >= 0.6 is 34.7 Å². The highest BCUT2D eigenvalue weighted by atomic mass is 35.5. The van der Waals surface area contributed by atoms with Crippen molar-refractivity contribution < 1.29 is 13.2 Å². The van der Waals surface area contributed by atoms with E-state index >= 15 is 0 Å². The maximum absolute atomic E-state index is 13.0. The molecule has 0 unspecified atom stereocenters. The van der Waals surface area contributed by atoms with Crippen LogP contribution in [0.3, 0.4) is 0 Å². The highest BCUT2D eigenvalue weighted by Crippen LogP contribution is 2.32. The van der Waals surface area contributed by atoms with Crippen molar-refractivity contribution in [3.05, 3.63) is 39.5 Å². The zero-order chi connectivity index (χ0) is 22.0. The summed E-state index contributed by atoms with van der Waals surface area (Å²) in [7, 11) is -3.53. The van der Waals surface area contributed by atoms with Gasteiger partial charge in [0.05, 0.1) is 32.9 Å². The number of benzene rings is 1. The molecule has 0 spiro atoms. The van der Waals surface area contributed by atoms with Gasteiger partial charge >= 0.3 is 0 Å². The van der Waals surface area contributed by atoms with Gasteiger partial charge < -0.3 is 9.30 Å². The van der Waals surface area contributed by atoms with Gasteiger partial charge in [0.2, 0.25) is 10.0 Å². The van der Waals surface area contributed by atoms with E-state index in [9.17, 15) is 8.42 Å². The molecule has 1 aliphatic heterocycles. The normalized spacial score (nSPS) is 17.2. The second-order valence-corrected chi connectivity index (χ2v) is 12.1. The Kier molecular flexibility index (Phi) is 7.30. The summed E-state index contributed by atoms with van der Waals surface area (Å²) in [5.41, 5.74) is 1.62. The van der Waals surface area contributed by atoms with Gasteiger partial charge in [-0.05, 0) is 43.2 Å². The first-order valence-corrected chi connectivity index (χ1v) is 14.0. The fourth-order valence-electron chi connectivity index (χ4n) is 3.80. The van der Waals surface area contributed by atoms with Crippen LogP contribution in [0.15, 0.2) is 40.4 Å². The van der Waals surface area contributed by atoms with Gasteiger partial charge in [0.15, 0.2) is 5.16 Å².